The first-order valence-corrected chi connectivity index (χ1v) is 13.6. The summed E-state index contributed by atoms with van der Waals surface area (Å²) in [6.07, 6.45) is -0.429. The number of amides is 1. The Kier molecular flexibility index (Phi) is 9.69. The van der Waals surface area contributed by atoms with Gasteiger partial charge < -0.3 is 20.0 Å². The summed E-state index contributed by atoms with van der Waals surface area (Å²) < 4.78 is 33.6. The van der Waals surface area contributed by atoms with E-state index in [0.717, 1.165) is 22.9 Å². The summed E-state index contributed by atoms with van der Waals surface area (Å²) in [4.78, 5) is 42.3. The number of aliphatic hydroxyl groups is 1. The molecule has 224 valence electrons. The first-order valence-electron chi connectivity index (χ1n) is 13.6. The van der Waals surface area contributed by atoms with Gasteiger partial charge in [0.1, 0.15) is 17.2 Å². The third-order valence-electron chi connectivity index (χ3n) is 6.65. The maximum atomic E-state index is 13.7. The van der Waals surface area contributed by atoms with Crippen molar-refractivity contribution in [3.63, 3.8) is 0 Å². The Morgan fingerprint density at radius 3 is 2.43 bits per heavy atom. The standard InChI is InChI=1S/C30H34F2N4O6/c1-30(2,3)41-29(40)42-35-11-9-20(10-12-35)26(37)17-33-28(39)21-6-4-5-19(13-21)18-36-27(38)8-7-25(34-36)22-14-23(31)16-24(32)15-22/h4-8,13-16,20,26,37H,9-12,17-18H2,1-3H3,(H,33,39). The minimum Gasteiger partial charge on any atom is -0.427 e. The van der Waals surface area contributed by atoms with E-state index < -0.39 is 41.0 Å². The Morgan fingerprint density at radius 1 is 1.07 bits per heavy atom. The molecular formula is C30H34F2N4O6. The second kappa shape index (κ2) is 13.2. The SMILES string of the molecule is CC(C)(C)OC(=O)ON1CCC(C(O)CNC(=O)c2cccc(Cn3nc(-c4cc(F)cc(F)c4)ccc3=O)c2)CC1. The Balaban J connectivity index is 1.31. The van der Waals surface area contributed by atoms with E-state index in [1.165, 1.54) is 17.2 Å². The number of hydrogen-bond donors (Lipinski definition) is 2. The lowest BCUT2D eigenvalue weighted by atomic mass is 9.92. The van der Waals surface area contributed by atoms with Gasteiger partial charge >= 0.3 is 6.16 Å². The molecule has 1 aromatic heterocycles. The third-order valence-corrected chi connectivity index (χ3v) is 6.65. The van der Waals surface area contributed by atoms with Crippen LogP contribution < -0.4 is 10.9 Å². The van der Waals surface area contributed by atoms with Crippen molar-refractivity contribution in [3.8, 4) is 11.3 Å². The van der Waals surface area contributed by atoms with Crippen molar-refractivity contribution < 1.29 is 33.1 Å². The second-order valence-electron chi connectivity index (χ2n) is 11.2. The number of nitrogens with zero attached hydrogens (tertiary/aromatic N) is 3. The molecule has 1 saturated heterocycles. The third kappa shape index (κ3) is 8.67. The number of halogens is 2. The average molecular weight is 585 g/mol. The van der Waals surface area contributed by atoms with Crippen LogP contribution in [0.15, 0.2) is 59.4 Å². The fourth-order valence-electron chi connectivity index (χ4n) is 4.59. The molecule has 1 unspecified atom stereocenters. The fraction of sp³-hybridized carbons (Fsp3) is 0.400. The molecule has 1 amide bonds. The Labute approximate surface area is 241 Å². The Morgan fingerprint density at radius 2 is 1.76 bits per heavy atom. The molecule has 12 heteroatoms. The molecule has 1 fully saturated rings. The zero-order chi connectivity index (χ0) is 30.4. The summed E-state index contributed by atoms with van der Waals surface area (Å²) in [5, 5.41) is 19.2. The zero-order valence-electron chi connectivity index (χ0n) is 23.7. The molecule has 10 nitrogen and oxygen atoms in total. The predicted octanol–water partition coefficient (Wildman–Crippen LogP) is 3.91. The van der Waals surface area contributed by atoms with E-state index in [4.69, 9.17) is 9.57 Å². The number of benzene rings is 2. The normalized spacial score (nSPS) is 15.2. The number of piperidine rings is 1. The number of rotatable bonds is 8. The average Bonchev–Trinajstić information content (AvgIpc) is 2.91. The van der Waals surface area contributed by atoms with Crippen LogP contribution in [-0.4, -0.2) is 63.4 Å². The molecular weight excluding hydrogens is 550 g/mol. The van der Waals surface area contributed by atoms with Gasteiger partial charge in [-0.1, -0.05) is 12.1 Å². The van der Waals surface area contributed by atoms with Crippen LogP contribution >= 0.6 is 0 Å². The maximum Gasteiger partial charge on any atom is 0.528 e. The van der Waals surface area contributed by atoms with Crippen molar-refractivity contribution >= 4 is 12.1 Å². The topological polar surface area (TPSA) is 123 Å². The van der Waals surface area contributed by atoms with Gasteiger partial charge in [-0.25, -0.2) is 18.3 Å². The van der Waals surface area contributed by atoms with Crippen LogP contribution in [0.2, 0.25) is 0 Å². The summed E-state index contributed by atoms with van der Waals surface area (Å²) in [6, 6.07) is 12.3. The predicted molar refractivity (Wildman–Crippen MR) is 149 cm³/mol. The van der Waals surface area contributed by atoms with Crippen LogP contribution in [0.4, 0.5) is 13.6 Å². The maximum absolute atomic E-state index is 13.7. The van der Waals surface area contributed by atoms with E-state index in [9.17, 15) is 28.3 Å². The molecule has 0 bridgehead atoms. The highest BCUT2D eigenvalue weighted by Gasteiger charge is 2.29. The first kappa shape index (κ1) is 30.8. The number of hydrogen-bond acceptors (Lipinski definition) is 8. The van der Waals surface area contributed by atoms with E-state index in [1.807, 2.05) is 0 Å². The van der Waals surface area contributed by atoms with Crippen LogP contribution in [0.3, 0.4) is 0 Å². The van der Waals surface area contributed by atoms with Crippen molar-refractivity contribution in [3.05, 3.63) is 87.7 Å². The molecule has 4 rings (SSSR count). The first-order chi connectivity index (χ1) is 19.9. The minimum absolute atomic E-state index is 0.0259. The zero-order valence-corrected chi connectivity index (χ0v) is 23.7. The van der Waals surface area contributed by atoms with Crippen molar-refractivity contribution in [2.45, 2.75) is 51.9 Å². The summed E-state index contributed by atoms with van der Waals surface area (Å²) >= 11 is 0. The van der Waals surface area contributed by atoms with E-state index in [2.05, 4.69) is 10.4 Å². The highest BCUT2D eigenvalue weighted by molar-refractivity contribution is 5.94. The summed E-state index contributed by atoms with van der Waals surface area (Å²) in [7, 11) is 0. The molecule has 1 aliphatic rings. The van der Waals surface area contributed by atoms with Gasteiger partial charge in [0, 0.05) is 42.9 Å². The van der Waals surface area contributed by atoms with Gasteiger partial charge in [0.15, 0.2) is 0 Å². The van der Waals surface area contributed by atoms with Gasteiger partial charge in [-0.2, -0.15) is 5.10 Å². The van der Waals surface area contributed by atoms with Crippen molar-refractivity contribution in [2.24, 2.45) is 5.92 Å². The highest BCUT2D eigenvalue weighted by atomic mass is 19.1. The summed E-state index contributed by atoms with van der Waals surface area (Å²) in [6.45, 7) is 6.17. The lowest BCUT2D eigenvalue weighted by molar-refractivity contribution is -0.159. The molecule has 2 heterocycles. The van der Waals surface area contributed by atoms with Crippen LogP contribution in [0.1, 0.15) is 49.5 Å². The molecule has 3 aromatic rings. The van der Waals surface area contributed by atoms with E-state index in [-0.39, 0.29) is 30.3 Å². The van der Waals surface area contributed by atoms with Crippen molar-refractivity contribution in [1.29, 1.82) is 0 Å². The molecule has 0 aliphatic carbocycles. The van der Waals surface area contributed by atoms with Crippen LogP contribution in [-0.2, 0) is 16.1 Å². The van der Waals surface area contributed by atoms with Crippen molar-refractivity contribution in [1.82, 2.24) is 20.2 Å². The van der Waals surface area contributed by atoms with Gasteiger partial charge in [-0.3, -0.25) is 9.59 Å². The molecule has 1 atom stereocenters. The molecule has 42 heavy (non-hydrogen) atoms. The largest absolute Gasteiger partial charge is 0.528 e. The Bertz CT molecular complexity index is 1460. The fourth-order valence-corrected chi connectivity index (χ4v) is 4.59. The molecule has 0 spiro atoms. The number of aromatic nitrogens is 2. The molecule has 2 N–H and O–H groups in total. The van der Waals surface area contributed by atoms with Gasteiger partial charge in [-0.15, -0.1) is 5.06 Å². The van der Waals surface area contributed by atoms with Gasteiger partial charge in [-0.05, 0) is 75.4 Å². The van der Waals surface area contributed by atoms with Gasteiger partial charge in [0.2, 0.25) is 0 Å². The molecule has 1 aliphatic heterocycles. The molecule has 0 saturated carbocycles. The molecule has 0 radical (unpaired) electrons. The number of carbonyl (C=O) groups excluding carboxylic acids is 2. The monoisotopic (exact) mass is 584 g/mol. The Hall–Kier alpha value is -4.16. The van der Waals surface area contributed by atoms with Crippen LogP contribution in [0, 0.1) is 17.6 Å². The molecule has 2 aromatic carbocycles. The van der Waals surface area contributed by atoms with Crippen LogP contribution in [0.5, 0.6) is 0 Å². The number of aliphatic hydroxyl groups excluding tert-OH is 1. The number of carbonyl (C=O) groups is 2. The second-order valence-corrected chi connectivity index (χ2v) is 11.2. The van der Waals surface area contributed by atoms with Crippen molar-refractivity contribution in [2.75, 3.05) is 19.6 Å². The minimum atomic E-state index is -0.793. The van der Waals surface area contributed by atoms with Gasteiger partial charge in [0.05, 0.1) is 18.3 Å². The number of nitrogens with one attached hydrogen (secondary N) is 1. The summed E-state index contributed by atoms with van der Waals surface area (Å²) in [5.41, 5.74) is 0.271. The number of hydroxylamine groups is 2. The quantitative estimate of drug-likeness (QED) is 0.382. The lowest BCUT2D eigenvalue weighted by Gasteiger charge is -2.33. The lowest BCUT2D eigenvalue weighted by Crippen LogP contribution is -2.43. The van der Waals surface area contributed by atoms with E-state index in [0.29, 0.717) is 37.1 Å². The summed E-state index contributed by atoms with van der Waals surface area (Å²) in [5.74, 6) is -2.00. The van der Waals surface area contributed by atoms with Gasteiger partial charge in [0.25, 0.3) is 11.5 Å². The number of ether oxygens (including phenoxy) is 1. The highest BCUT2D eigenvalue weighted by Crippen LogP contribution is 2.22. The smallest absolute Gasteiger partial charge is 0.427 e. The van der Waals surface area contributed by atoms with E-state index >= 15 is 0 Å². The van der Waals surface area contributed by atoms with Crippen LogP contribution in [0.25, 0.3) is 11.3 Å². The van der Waals surface area contributed by atoms with E-state index in [1.54, 1.807) is 45.0 Å².